The van der Waals surface area contributed by atoms with Crippen LogP contribution in [0.5, 0.6) is 0 Å². The Bertz CT molecular complexity index is 273. The molecule has 4 atom stereocenters. The van der Waals surface area contributed by atoms with E-state index in [0.717, 1.165) is 23.8 Å². The van der Waals surface area contributed by atoms with Crippen molar-refractivity contribution in [2.45, 2.75) is 83.1 Å². The van der Waals surface area contributed by atoms with Crippen molar-refractivity contribution in [1.82, 2.24) is 5.32 Å². The summed E-state index contributed by atoms with van der Waals surface area (Å²) in [6, 6.07) is 0.779. The number of hydrogen-bond donors (Lipinski definition) is 1. The molecule has 0 aromatic rings. The minimum Gasteiger partial charge on any atom is -0.317 e. The van der Waals surface area contributed by atoms with Crippen molar-refractivity contribution in [3.05, 3.63) is 12.7 Å². The molecule has 1 N–H and O–H groups in total. The highest BCUT2D eigenvalue weighted by molar-refractivity contribution is 4.87. The molecule has 0 spiro atoms. The highest BCUT2D eigenvalue weighted by atomic mass is 14.9. The fourth-order valence-electron chi connectivity index (χ4n) is 4.72. The normalized spacial score (nSPS) is 31.6. The predicted molar refractivity (Wildman–Crippen MR) is 88.9 cm³/mol. The van der Waals surface area contributed by atoms with Gasteiger partial charge in [-0.2, -0.15) is 0 Å². The zero-order valence-electron chi connectivity index (χ0n) is 13.6. The van der Waals surface area contributed by atoms with Crippen LogP contribution >= 0.6 is 0 Å². The van der Waals surface area contributed by atoms with Gasteiger partial charge in [0.2, 0.25) is 0 Å². The molecule has 116 valence electrons. The maximum atomic E-state index is 3.81. The summed E-state index contributed by atoms with van der Waals surface area (Å²) in [7, 11) is 2.18. The van der Waals surface area contributed by atoms with Crippen LogP contribution in [0, 0.1) is 17.8 Å². The quantitative estimate of drug-likeness (QED) is 0.468. The molecule has 2 aliphatic rings. The number of hydrogen-bond acceptors (Lipinski definition) is 1. The molecule has 20 heavy (non-hydrogen) atoms. The van der Waals surface area contributed by atoms with Crippen LogP contribution in [0.3, 0.4) is 0 Å². The number of unbranched alkanes of at least 4 members (excludes halogenated alkanes) is 3. The van der Waals surface area contributed by atoms with Crippen LogP contribution in [0.15, 0.2) is 12.7 Å². The molecule has 0 radical (unpaired) electrons. The second-order valence-electron chi connectivity index (χ2n) is 7.20. The van der Waals surface area contributed by atoms with E-state index in [1.165, 1.54) is 77.0 Å². The van der Waals surface area contributed by atoms with Crippen LogP contribution in [-0.4, -0.2) is 13.1 Å². The zero-order valence-corrected chi connectivity index (χ0v) is 13.6. The zero-order chi connectivity index (χ0) is 14.2. The number of rotatable bonds is 8. The third kappa shape index (κ3) is 4.62. The van der Waals surface area contributed by atoms with Gasteiger partial charge >= 0.3 is 0 Å². The lowest BCUT2D eigenvalue weighted by Gasteiger charge is -2.42. The molecular formula is C19H35N. The molecule has 0 amide bonds. The third-order valence-corrected chi connectivity index (χ3v) is 5.94. The number of nitrogens with one attached hydrogen (secondary N) is 1. The lowest BCUT2D eigenvalue weighted by Crippen LogP contribution is -2.39. The van der Waals surface area contributed by atoms with Gasteiger partial charge in [0.05, 0.1) is 0 Å². The highest BCUT2D eigenvalue weighted by Gasteiger charge is 2.34. The monoisotopic (exact) mass is 277 g/mol. The Morgan fingerprint density at radius 3 is 2.60 bits per heavy atom. The van der Waals surface area contributed by atoms with E-state index >= 15 is 0 Å². The SMILES string of the molecule is C=CCCCCCC(NC)C1CCC2CCCCC2C1. The largest absolute Gasteiger partial charge is 0.317 e. The smallest absolute Gasteiger partial charge is 0.00924 e. The maximum absolute atomic E-state index is 3.81. The second kappa shape index (κ2) is 8.87. The molecule has 0 aliphatic heterocycles. The summed E-state index contributed by atoms with van der Waals surface area (Å²) >= 11 is 0. The maximum Gasteiger partial charge on any atom is 0.00924 e. The number of allylic oxidation sites excluding steroid dienone is 1. The van der Waals surface area contributed by atoms with Crippen molar-refractivity contribution in [1.29, 1.82) is 0 Å². The Balaban J connectivity index is 1.71. The van der Waals surface area contributed by atoms with E-state index in [2.05, 4.69) is 25.0 Å². The molecule has 2 rings (SSSR count). The fraction of sp³-hybridized carbons (Fsp3) is 0.895. The molecule has 0 saturated heterocycles. The topological polar surface area (TPSA) is 12.0 Å². The van der Waals surface area contributed by atoms with Crippen LogP contribution in [0.25, 0.3) is 0 Å². The van der Waals surface area contributed by atoms with Crippen LogP contribution < -0.4 is 5.32 Å². The van der Waals surface area contributed by atoms with Crippen molar-refractivity contribution in [3.8, 4) is 0 Å². The van der Waals surface area contributed by atoms with Gasteiger partial charge in [0.1, 0.15) is 0 Å². The van der Waals surface area contributed by atoms with E-state index in [4.69, 9.17) is 0 Å². The standard InChI is InChI=1S/C19H35N/c1-3-4-5-6-7-12-19(20-2)18-14-13-16-10-8-9-11-17(16)15-18/h3,16-20H,1,4-15H2,2H3. The Morgan fingerprint density at radius 1 is 1.05 bits per heavy atom. The molecule has 0 bridgehead atoms. The van der Waals surface area contributed by atoms with E-state index in [-0.39, 0.29) is 0 Å². The molecular weight excluding hydrogens is 242 g/mol. The Morgan fingerprint density at radius 2 is 1.85 bits per heavy atom. The van der Waals surface area contributed by atoms with Crippen LogP contribution in [0.1, 0.15) is 77.0 Å². The Kier molecular flexibility index (Phi) is 7.13. The second-order valence-corrected chi connectivity index (χ2v) is 7.20. The molecule has 1 heteroatoms. The van der Waals surface area contributed by atoms with E-state index in [0.29, 0.717) is 0 Å². The van der Waals surface area contributed by atoms with Crippen LogP contribution in [-0.2, 0) is 0 Å². The van der Waals surface area contributed by atoms with Crippen molar-refractivity contribution < 1.29 is 0 Å². The highest BCUT2D eigenvalue weighted by Crippen LogP contribution is 2.44. The van der Waals surface area contributed by atoms with Crippen molar-refractivity contribution in [2.24, 2.45) is 17.8 Å². The summed E-state index contributed by atoms with van der Waals surface area (Å²) in [5.41, 5.74) is 0. The van der Waals surface area contributed by atoms with Crippen LogP contribution in [0.2, 0.25) is 0 Å². The molecule has 0 aromatic heterocycles. The van der Waals surface area contributed by atoms with E-state index in [1.807, 2.05) is 0 Å². The van der Waals surface area contributed by atoms with Gasteiger partial charge in [-0.15, -0.1) is 6.58 Å². The van der Waals surface area contributed by atoms with Gasteiger partial charge in [-0.05, 0) is 63.3 Å². The number of fused-ring (bicyclic) bond motifs is 1. The minimum atomic E-state index is 0.779. The molecule has 2 aliphatic carbocycles. The van der Waals surface area contributed by atoms with E-state index < -0.39 is 0 Å². The lowest BCUT2D eigenvalue weighted by molar-refractivity contribution is 0.108. The van der Waals surface area contributed by atoms with Gasteiger partial charge in [-0.25, -0.2) is 0 Å². The van der Waals surface area contributed by atoms with E-state index in [9.17, 15) is 0 Å². The van der Waals surface area contributed by atoms with Gasteiger partial charge in [0.25, 0.3) is 0 Å². The first-order chi connectivity index (χ1) is 9.85. The summed E-state index contributed by atoms with van der Waals surface area (Å²) in [5, 5.41) is 3.64. The first-order valence-electron chi connectivity index (χ1n) is 9.13. The van der Waals surface area contributed by atoms with Gasteiger partial charge in [-0.3, -0.25) is 0 Å². The molecule has 4 unspecified atom stereocenters. The fourth-order valence-corrected chi connectivity index (χ4v) is 4.72. The Labute approximate surface area is 126 Å². The minimum absolute atomic E-state index is 0.779. The average Bonchev–Trinajstić information content (AvgIpc) is 2.50. The molecule has 2 fully saturated rings. The molecule has 0 aromatic carbocycles. The van der Waals surface area contributed by atoms with Gasteiger partial charge in [-0.1, -0.05) is 44.6 Å². The average molecular weight is 277 g/mol. The first-order valence-corrected chi connectivity index (χ1v) is 9.13. The molecule has 2 saturated carbocycles. The van der Waals surface area contributed by atoms with Crippen molar-refractivity contribution >= 4 is 0 Å². The van der Waals surface area contributed by atoms with Gasteiger partial charge < -0.3 is 5.32 Å². The summed E-state index contributed by atoms with van der Waals surface area (Å²) in [4.78, 5) is 0. The van der Waals surface area contributed by atoms with Crippen molar-refractivity contribution in [2.75, 3.05) is 7.05 Å². The van der Waals surface area contributed by atoms with Gasteiger partial charge in [0.15, 0.2) is 0 Å². The van der Waals surface area contributed by atoms with E-state index in [1.54, 1.807) is 0 Å². The van der Waals surface area contributed by atoms with Gasteiger partial charge in [0, 0.05) is 6.04 Å². The Hall–Kier alpha value is -0.300. The summed E-state index contributed by atoms with van der Waals surface area (Å²) in [6.07, 6.45) is 19.3. The first kappa shape index (κ1) is 16.1. The summed E-state index contributed by atoms with van der Waals surface area (Å²) in [6.45, 7) is 3.81. The summed E-state index contributed by atoms with van der Waals surface area (Å²) < 4.78 is 0. The molecule has 1 nitrogen and oxygen atoms in total. The lowest BCUT2D eigenvalue weighted by atomic mass is 9.65. The van der Waals surface area contributed by atoms with Crippen LogP contribution in [0.4, 0.5) is 0 Å². The third-order valence-electron chi connectivity index (χ3n) is 5.94. The van der Waals surface area contributed by atoms with Crippen molar-refractivity contribution in [3.63, 3.8) is 0 Å². The summed E-state index contributed by atoms with van der Waals surface area (Å²) in [5.74, 6) is 3.11. The predicted octanol–water partition coefficient (Wildman–Crippen LogP) is 5.32. The molecule has 0 heterocycles.